The molecule has 0 heterocycles. The molecule has 0 aliphatic heterocycles. The first-order valence-electron chi connectivity index (χ1n) is 20.0. The number of hydrogen-bond acceptors (Lipinski definition) is 11. The molecule has 0 aliphatic rings. The van der Waals surface area contributed by atoms with Gasteiger partial charge in [0.15, 0.2) is 5.96 Å². The minimum atomic E-state index is -1.79. The van der Waals surface area contributed by atoms with Crippen molar-refractivity contribution in [1.29, 1.82) is 0 Å². The number of carboxylic acid groups (broad SMARTS) is 2. The second-order valence-electron chi connectivity index (χ2n) is 15.2. The molecule has 1 aromatic carbocycles. The largest absolute Gasteiger partial charge is 0.481 e. The lowest BCUT2D eigenvalue weighted by Gasteiger charge is -2.27. The quantitative estimate of drug-likeness (QED) is 0.0235. The first kappa shape index (κ1) is 52.7. The second kappa shape index (κ2) is 26.7. The van der Waals surface area contributed by atoms with Gasteiger partial charge in [0.05, 0.1) is 12.5 Å². The van der Waals surface area contributed by atoms with Crippen molar-refractivity contribution in [2.75, 3.05) is 6.54 Å². The van der Waals surface area contributed by atoms with Gasteiger partial charge in [0.2, 0.25) is 41.4 Å². The summed E-state index contributed by atoms with van der Waals surface area (Å²) in [5.41, 5.74) is 22.4. The van der Waals surface area contributed by atoms with Gasteiger partial charge in [-0.05, 0) is 50.0 Å². The Hall–Kier alpha value is -6.32. The number of carboxylic acids is 2. The Bertz CT molecular complexity index is 1710. The molecule has 1 aromatic rings. The Morgan fingerprint density at radius 1 is 0.656 bits per heavy atom. The van der Waals surface area contributed by atoms with Gasteiger partial charge in [-0.1, -0.05) is 64.4 Å². The number of rotatable bonds is 28. The molecule has 0 bridgehead atoms. The Morgan fingerprint density at radius 2 is 1.18 bits per heavy atom. The van der Waals surface area contributed by atoms with Crippen molar-refractivity contribution in [2.24, 2.45) is 39.8 Å². The van der Waals surface area contributed by atoms with Crippen LogP contribution in [0.15, 0.2) is 35.3 Å². The van der Waals surface area contributed by atoms with Crippen LogP contribution in [0.3, 0.4) is 0 Å². The van der Waals surface area contributed by atoms with Crippen LogP contribution in [0, 0.1) is 11.8 Å². The van der Waals surface area contributed by atoms with E-state index in [1.165, 1.54) is 6.92 Å². The number of amides is 7. The molecule has 8 atom stereocenters. The third-order valence-electron chi connectivity index (χ3n) is 9.45. The predicted molar refractivity (Wildman–Crippen MR) is 223 cm³/mol. The van der Waals surface area contributed by atoms with Gasteiger partial charge in [0.25, 0.3) is 0 Å². The van der Waals surface area contributed by atoms with Crippen LogP contribution in [0.25, 0.3) is 0 Å². The molecule has 0 spiro atoms. The topological polar surface area (TPSA) is 383 Å². The Labute approximate surface area is 354 Å². The average Bonchev–Trinajstić information content (AvgIpc) is 3.18. The highest BCUT2D eigenvalue weighted by molar-refractivity contribution is 5.98. The fourth-order valence-corrected chi connectivity index (χ4v) is 5.74. The lowest BCUT2D eigenvalue weighted by atomic mass is 9.99. The minimum absolute atomic E-state index is 0.0405. The summed E-state index contributed by atoms with van der Waals surface area (Å²) in [6.45, 7) is 8.60. The van der Waals surface area contributed by atoms with Crippen molar-refractivity contribution < 1.29 is 53.4 Å². The second-order valence-corrected chi connectivity index (χ2v) is 15.2. The van der Waals surface area contributed by atoms with E-state index in [-0.39, 0.29) is 56.4 Å². The van der Waals surface area contributed by atoms with E-state index in [4.69, 9.17) is 22.9 Å². The zero-order chi connectivity index (χ0) is 46.4. The summed E-state index contributed by atoms with van der Waals surface area (Å²) in [5.74, 6) is -9.69. The van der Waals surface area contributed by atoms with Crippen molar-refractivity contribution in [3.63, 3.8) is 0 Å². The molecule has 0 saturated heterocycles. The highest BCUT2D eigenvalue weighted by atomic mass is 16.4. The number of guanidine groups is 1. The van der Waals surface area contributed by atoms with E-state index < -0.39 is 108 Å². The highest BCUT2D eigenvalue weighted by Gasteiger charge is 2.34. The van der Waals surface area contributed by atoms with Gasteiger partial charge in [0, 0.05) is 19.4 Å². The Morgan fingerprint density at radius 3 is 1.72 bits per heavy atom. The molecule has 0 unspecified atom stereocenters. The molecule has 0 aromatic heterocycles. The molecule has 61 heavy (non-hydrogen) atoms. The van der Waals surface area contributed by atoms with E-state index in [1.807, 2.05) is 6.92 Å². The first-order chi connectivity index (χ1) is 28.5. The molecule has 16 N–H and O–H groups in total. The minimum Gasteiger partial charge on any atom is -0.481 e. The standard InChI is InChI=1S/C39H63N11O11/c1-6-21(4)31(41)37(59)45-22(5)32(54)48-26(17-20(2)3)34(56)50-28(19-30(52)53)36(58)49-27(18-23-11-8-7-9-12-23)35(57)46-24(14-15-29(40)51)33(55)47-25(38(60)61)13-10-16-44-39(42)43/h7-9,11-12,20-22,24-28,31H,6,10,13-19,41H2,1-5H3,(H2,40,51)(H,45,59)(H,46,57)(H,47,55)(H,48,54)(H,49,58)(H,50,56)(H,52,53)(H,60,61)(H4,42,43,44)/t21-,22-,24-,25-,26-,27-,28-,31-/m0/s1. The Balaban J connectivity index is 3.40. The normalized spacial score (nSPS) is 14.9. The molecule has 0 radical (unpaired) electrons. The van der Waals surface area contributed by atoms with Crippen molar-refractivity contribution >= 4 is 59.2 Å². The van der Waals surface area contributed by atoms with Gasteiger partial charge in [-0.25, -0.2) is 4.79 Å². The number of hydrogen-bond donors (Lipinski definition) is 12. The molecule has 0 saturated carbocycles. The van der Waals surface area contributed by atoms with Crippen molar-refractivity contribution in [3.05, 3.63) is 35.9 Å². The zero-order valence-corrected chi connectivity index (χ0v) is 35.3. The number of aliphatic carboxylic acids is 2. The number of nitrogens with zero attached hydrogens (tertiary/aromatic N) is 1. The molecule has 0 aliphatic carbocycles. The number of benzene rings is 1. The third-order valence-corrected chi connectivity index (χ3v) is 9.45. The maximum atomic E-state index is 13.9. The fraction of sp³-hybridized carbons (Fsp3) is 0.590. The first-order valence-corrected chi connectivity index (χ1v) is 20.0. The van der Waals surface area contributed by atoms with Gasteiger partial charge in [-0.15, -0.1) is 0 Å². The van der Waals surface area contributed by atoms with Crippen LogP contribution < -0.4 is 54.8 Å². The highest BCUT2D eigenvalue weighted by Crippen LogP contribution is 2.11. The molecular weight excluding hydrogens is 798 g/mol. The van der Waals surface area contributed by atoms with Crippen LogP contribution in [0.5, 0.6) is 0 Å². The summed E-state index contributed by atoms with van der Waals surface area (Å²) in [6.07, 6.45) is -1.25. The summed E-state index contributed by atoms with van der Waals surface area (Å²) in [5, 5.41) is 34.1. The van der Waals surface area contributed by atoms with Gasteiger partial charge in [-0.2, -0.15) is 0 Å². The third kappa shape index (κ3) is 20.5. The number of carbonyl (C=O) groups excluding carboxylic acids is 7. The number of nitrogens with one attached hydrogen (secondary N) is 6. The van der Waals surface area contributed by atoms with Crippen LogP contribution in [0.4, 0.5) is 0 Å². The fourth-order valence-electron chi connectivity index (χ4n) is 5.74. The summed E-state index contributed by atoms with van der Waals surface area (Å²) in [6, 6.07) is -1.38. The van der Waals surface area contributed by atoms with Crippen LogP contribution in [0.2, 0.25) is 0 Å². The molecular formula is C39H63N11O11. The summed E-state index contributed by atoms with van der Waals surface area (Å²) in [4.78, 5) is 120. The van der Waals surface area contributed by atoms with Crippen molar-refractivity contribution in [1.82, 2.24) is 31.9 Å². The lowest BCUT2D eigenvalue weighted by molar-refractivity contribution is -0.142. The van der Waals surface area contributed by atoms with Crippen LogP contribution in [-0.2, 0) is 49.6 Å². The smallest absolute Gasteiger partial charge is 0.326 e. The summed E-state index contributed by atoms with van der Waals surface area (Å²) in [7, 11) is 0. The average molecular weight is 862 g/mol. The van der Waals surface area contributed by atoms with Gasteiger partial charge in [0.1, 0.15) is 36.3 Å². The van der Waals surface area contributed by atoms with Gasteiger partial charge >= 0.3 is 11.9 Å². The maximum Gasteiger partial charge on any atom is 0.326 e. The van der Waals surface area contributed by atoms with E-state index in [9.17, 15) is 53.4 Å². The number of primary amides is 1. The monoisotopic (exact) mass is 861 g/mol. The molecule has 7 amide bonds. The zero-order valence-electron chi connectivity index (χ0n) is 35.3. The maximum absolute atomic E-state index is 13.9. The lowest BCUT2D eigenvalue weighted by Crippen LogP contribution is -2.60. The Kier molecular flexibility index (Phi) is 23.1. The molecule has 22 nitrogen and oxygen atoms in total. The number of carbonyl (C=O) groups is 9. The van der Waals surface area contributed by atoms with E-state index >= 15 is 0 Å². The molecule has 340 valence electrons. The van der Waals surface area contributed by atoms with E-state index in [2.05, 4.69) is 36.9 Å². The van der Waals surface area contributed by atoms with E-state index in [0.29, 0.717) is 12.0 Å². The van der Waals surface area contributed by atoms with Crippen LogP contribution in [-0.4, -0.2) is 118 Å². The van der Waals surface area contributed by atoms with E-state index in [0.717, 1.165) is 0 Å². The van der Waals surface area contributed by atoms with Gasteiger partial charge < -0.3 is 65.0 Å². The summed E-state index contributed by atoms with van der Waals surface area (Å²) < 4.78 is 0. The number of aliphatic imine (C=N–C) groups is 1. The molecule has 0 fully saturated rings. The summed E-state index contributed by atoms with van der Waals surface area (Å²) >= 11 is 0. The van der Waals surface area contributed by atoms with E-state index in [1.54, 1.807) is 51.1 Å². The molecule has 22 heteroatoms. The van der Waals surface area contributed by atoms with Crippen molar-refractivity contribution in [3.8, 4) is 0 Å². The number of nitrogens with two attached hydrogens (primary N) is 4. The van der Waals surface area contributed by atoms with Crippen LogP contribution >= 0.6 is 0 Å². The van der Waals surface area contributed by atoms with Crippen molar-refractivity contribution in [2.45, 2.75) is 128 Å². The predicted octanol–water partition coefficient (Wildman–Crippen LogP) is -2.54. The van der Waals surface area contributed by atoms with Crippen LogP contribution in [0.1, 0.15) is 85.1 Å². The van der Waals surface area contributed by atoms with Gasteiger partial charge in [-0.3, -0.25) is 43.3 Å². The SMILES string of the molecule is CC[C@H](C)[C@H](N)C(=O)N[C@@H](C)C(=O)N[C@@H](CC(C)C)C(=O)N[C@@H](CC(=O)O)C(=O)N[C@@H](Cc1ccccc1)C(=O)N[C@@H](CCC(N)=O)C(=O)N[C@@H](CCCN=C(N)N)C(=O)O. The molecule has 1 rings (SSSR count).